The summed E-state index contributed by atoms with van der Waals surface area (Å²) in [5, 5.41) is 0. The van der Waals surface area contributed by atoms with Gasteiger partial charge in [0.2, 0.25) is 0 Å². The molecule has 2 rings (SSSR count). The zero-order chi connectivity index (χ0) is 11.4. The largest absolute Gasteiger partial charge is 0.497 e. The third-order valence-electron chi connectivity index (χ3n) is 2.34. The molecule has 0 aliphatic carbocycles. The van der Waals surface area contributed by atoms with Crippen molar-refractivity contribution in [2.24, 2.45) is 0 Å². The number of thioether (sulfide) groups is 1. The Morgan fingerprint density at radius 2 is 2.12 bits per heavy atom. The van der Waals surface area contributed by atoms with Crippen LogP contribution in [0.5, 0.6) is 5.75 Å². The third-order valence-corrected chi connectivity index (χ3v) is 5.38. The van der Waals surface area contributed by atoms with Crippen molar-refractivity contribution >= 4 is 28.6 Å². The lowest BCUT2D eigenvalue weighted by atomic mass is 10.2. The van der Waals surface area contributed by atoms with E-state index in [1.807, 2.05) is 30.3 Å². The highest BCUT2D eigenvalue weighted by Gasteiger charge is 2.13. The van der Waals surface area contributed by atoms with E-state index in [-0.39, 0.29) is 0 Å². The Bertz CT molecular complexity index is 410. The summed E-state index contributed by atoms with van der Waals surface area (Å²) in [6, 6.07) is 7.81. The fourth-order valence-electron chi connectivity index (χ4n) is 1.47. The van der Waals surface area contributed by atoms with Crippen LogP contribution in [0.2, 0.25) is 0 Å². The number of benzene rings is 1. The van der Waals surface area contributed by atoms with Crippen LogP contribution in [0.1, 0.15) is 12.0 Å². The Hall–Kier alpha value is -0.740. The Labute approximate surface area is 103 Å². The molecule has 0 radical (unpaired) electrons. The lowest BCUT2D eigenvalue weighted by molar-refractivity contribution is 0.415. The highest BCUT2D eigenvalue weighted by Crippen LogP contribution is 2.28. The number of methoxy groups -OCH3 is 1. The van der Waals surface area contributed by atoms with Crippen molar-refractivity contribution in [3.8, 4) is 5.75 Å². The molecule has 1 unspecified atom stereocenters. The summed E-state index contributed by atoms with van der Waals surface area (Å²) in [4.78, 5) is 0. The van der Waals surface area contributed by atoms with Gasteiger partial charge in [0, 0.05) is 5.75 Å². The summed E-state index contributed by atoms with van der Waals surface area (Å²) in [6.07, 6.45) is 3.07. The second-order valence-corrected chi connectivity index (χ2v) is 6.42. The van der Waals surface area contributed by atoms with Gasteiger partial charge in [0.25, 0.3) is 0 Å². The molecule has 1 aliphatic heterocycles. The van der Waals surface area contributed by atoms with Gasteiger partial charge in [0.05, 0.1) is 22.1 Å². The van der Waals surface area contributed by atoms with Crippen molar-refractivity contribution in [2.75, 3.05) is 18.6 Å². The molecule has 1 atom stereocenters. The average Bonchev–Trinajstić information content (AvgIpc) is 2.33. The van der Waals surface area contributed by atoms with E-state index in [1.165, 1.54) is 0 Å². The molecule has 1 saturated heterocycles. The number of rotatable bonds is 2. The van der Waals surface area contributed by atoms with Crippen molar-refractivity contribution in [1.82, 2.24) is 0 Å². The molecule has 1 aromatic rings. The van der Waals surface area contributed by atoms with E-state index in [4.69, 9.17) is 4.74 Å². The van der Waals surface area contributed by atoms with Crippen molar-refractivity contribution < 1.29 is 8.95 Å². The van der Waals surface area contributed by atoms with Crippen molar-refractivity contribution in [1.29, 1.82) is 0 Å². The Kier molecular flexibility index (Phi) is 4.07. The molecule has 4 heteroatoms. The normalized spacial score (nSPS) is 23.3. The maximum absolute atomic E-state index is 11.7. The fraction of sp³-hybridized carbons (Fsp3) is 0.333. The fourth-order valence-corrected chi connectivity index (χ4v) is 4.27. The Morgan fingerprint density at radius 1 is 1.38 bits per heavy atom. The van der Waals surface area contributed by atoms with Gasteiger partial charge in [-0.05, 0) is 35.9 Å². The first-order chi connectivity index (χ1) is 7.79. The molecule has 16 heavy (non-hydrogen) atoms. The zero-order valence-electron chi connectivity index (χ0n) is 9.14. The minimum Gasteiger partial charge on any atom is -0.497 e. The maximum atomic E-state index is 11.7. The lowest BCUT2D eigenvalue weighted by Crippen LogP contribution is -2.06. The van der Waals surface area contributed by atoms with Gasteiger partial charge in [0.1, 0.15) is 5.75 Å². The minimum atomic E-state index is -0.793. The second-order valence-electron chi connectivity index (χ2n) is 3.49. The highest BCUT2D eigenvalue weighted by atomic mass is 32.2. The van der Waals surface area contributed by atoms with Gasteiger partial charge in [0.15, 0.2) is 0 Å². The van der Waals surface area contributed by atoms with E-state index >= 15 is 0 Å². The van der Waals surface area contributed by atoms with Gasteiger partial charge >= 0.3 is 0 Å². The van der Waals surface area contributed by atoms with Gasteiger partial charge in [-0.15, -0.1) is 11.8 Å². The summed E-state index contributed by atoms with van der Waals surface area (Å²) in [7, 11) is 0.859. The van der Waals surface area contributed by atoms with Gasteiger partial charge in [-0.1, -0.05) is 12.1 Å². The summed E-state index contributed by atoms with van der Waals surface area (Å²) in [5.41, 5.74) is 1.08. The molecular formula is C12H14O2S2. The van der Waals surface area contributed by atoms with E-state index in [0.717, 1.165) is 33.5 Å². The number of ether oxygens (including phenoxy) is 1. The first kappa shape index (κ1) is 11.7. The van der Waals surface area contributed by atoms with E-state index in [1.54, 1.807) is 18.9 Å². The lowest BCUT2D eigenvalue weighted by Gasteiger charge is -2.12. The molecule has 1 aromatic carbocycles. The van der Waals surface area contributed by atoms with Crippen molar-refractivity contribution in [3.05, 3.63) is 34.1 Å². The number of hydrogen-bond acceptors (Lipinski definition) is 3. The van der Waals surface area contributed by atoms with Crippen LogP contribution in [-0.4, -0.2) is 22.8 Å². The van der Waals surface area contributed by atoms with Crippen molar-refractivity contribution in [2.45, 2.75) is 6.42 Å². The molecule has 0 spiro atoms. The predicted octanol–water partition coefficient (Wildman–Crippen LogP) is 2.88. The molecule has 86 valence electrons. The molecule has 1 heterocycles. The topological polar surface area (TPSA) is 26.3 Å². The summed E-state index contributed by atoms with van der Waals surface area (Å²) < 4.78 is 17.8. The van der Waals surface area contributed by atoms with E-state index in [0.29, 0.717) is 0 Å². The molecule has 0 saturated carbocycles. The molecular weight excluding hydrogens is 240 g/mol. The summed E-state index contributed by atoms with van der Waals surface area (Å²) in [6.45, 7) is 0. The van der Waals surface area contributed by atoms with Crippen LogP contribution in [-0.2, 0) is 10.8 Å². The predicted molar refractivity (Wildman–Crippen MR) is 71.1 cm³/mol. The standard InChI is InChI=1S/C12H14O2S2/c1-14-11-5-3-10(4-6-11)9-12-15-7-2-8-16(12)13/h3-6,9H,2,7-8H2,1H3/b12-9+. The van der Waals surface area contributed by atoms with E-state index < -0.39 is 10.8 Å². The molecule has 0 aromatic heterocycles. The molecule has 0 N–H and O–H groups in total. The van der Waals surface area contributed by atoms with Crippen LogP contribution in [0.4, 0.5) is 0 Å². The summed E-state index contributed by atoms with van der Waals surface area (Å²) >= 11 is 1.71. The monoisotopic (exact) mass is 254 g/mol. The van der Waals surface area contributed by atoms with Crippen LogP contribution in [0.3, 0.4) is 0 Å². The van der Waals surface area contributed by atoms with Crippen molar-refractivity contribution in [3.63, 3.8) is 0 Å². The van der Waals surface area contributed by atoms with E-state index in [9.17, 15) is 4.21 Å². The van der Waals surface area contributed by atoms with E-state index in [2.05, 4.69) is 0 Å². The first-order valence-electron chi connectivity index (χ1n) is 5.16. The van der Waals surface area contributed by atoms with Gasteiger partial charge in [-0.2, -0.15) is 0 Å². The van der Waals surface area contributed by atoms with Gasteiger partial charge in [-0.3, -0.25) is 4.21 Å². The average molecular weight is 254 g/mol. The first-order valence-corrected chi connectivity index (χ1v) is 7.47. The van der Waals surface area contributed by atoms with Crippen LogP contribution in [0.25, 0.3) is 6.08 Å². The van der Waals surface area contributed by atoms with Crippen LogP contribution >= 0.6 is 11.8 Å². The minimum absolute atomic E-state index is 0.793. The molecule has 0 bridgehead atoms. The molecule has 1 aliphatic rings. The number of hydrogen-bond donors (Lipinski definition) is 0. The second kappa shape index (κ2) is 5.55. The SMILES string of the molecule is COc1ccc(/C=C2\SCCCS2=O)cc1. The molecule has 1 fully saturated rings. The quantitative estimate of drug-likeness (QED) is 0.812. The maximum Gasteiger partial charge on any atom is 0.118 e. The third kappa shape index (κ3) is 2.89. The Balaban J connectivity index is 2.17. The van der Waals surface area contributed by atoms with Crippen LogP contribution in [0.15, 0.2) is 28.5 Å². The molecule has 0 amide bonds. The van der Waals surface area contributed by atoms with Gasteiger partial charge < -0.3 is 4.74 Å². The summed E-state index contributed by atoms with van der Waals surface area (Å²) in [5.74, 6) is 2.72. The van der Waals surface area contributed by atoms with Crippen LogP contribution in [0, 0.1) is 0 Å². The Morgan fingerprint density at radius 3 is 2.75 bits per heavy atom. The smallest absolute Gasteiger partial charge is 0.118 e. The van der Waals surface area contributed by atoms with Gasteiger partial charge in [-0.25, -0.2) is 0 Å². The molecule has 2 nitrogen and oxygen atoms in total. The highest BCUT2D eigenvalue weighted by molar-refractivity contribution is 8.17. The van der Waals surface area contributed by atoms with Crippen LogP contribution < -0.4 is 4.74 Å². The zero-order valence-corrected chi connectivity index (χ0v) is 10.8.